The Hall–Kier alpha value is -0.580. The Morgan fingerprint density at radius 2 is 2.35 bits per heavy atom. The van der Waals surface area contributed by atoms with Crippen LogP contribution in [0, 0.1) is 0 Å². The molecule has 0 spiro atoms. The van der Waals surface area contributed by atoms with Crippen molar-refractivity contribution in [2.24, 2.45) is 5.73 Å². The van der Waals surface area contributed by atoms with Gasteiger partial charge in [0.1, 0.15) is 11.9 Å². The molecule has 17 heavy (non-hydrogen) atoms. The Morgan fingerprint density at radius 1 is 1.53 bits per heavy atom. The van der Waals surface area contributed by atoms with Crippen molar-refractivity contribution in [2.75, 3.05) is 26.7 Å². The van der Waals surface area contributed by atoms with Gasteiger partial charge in [-0.2, -0.15) is 0 Å². The lowest BCUT2D eigenvalue weighted by molar-refractivity contribution is 0.168. The maximum absolute atomic E-state index is 5.92. The summed E-state index contributed by atoms with van der Waals surface area (Å²) < 4.78 is 7.04. The van der Waals surface area contributed by atoms with Crippen molar-refractivity contribution in [3.05, 3.63) is 28.2 Å². The number of rotatable bonds is 5. The Labute approximate surface area is 111 Å². The summed E-state index contributed by atoms with van der Waals surface area (Å²) in [6, 6.07) is 6.22. The standard InChI is InChI=1S/C13H19BrN2O/c1-16(6-2-5-15)9-12-8-10-7-11(14)3-4-13(10)17-12/h3-4,7,12H,2,5-6,8-9,15H2,1H3. The van der Waals surface area contributed by atoms with Gasteiger partial charge in [0, 0.05) is 17.4 Å². The van der Waals surface area contributed by atoms with Crippen molar-refractivity contribution in [1.29, 1.82) is 0 Å². The zero-order chi connectivity index (χ0) is 12.3. The van der Waals surface area contributed by atoms with Gasteiger partial charge in [-0.15, -0.1) is 0 Å². The van der Waals surface area contributed by atoms with Gasteiger partial charge in [-0.3, -0.25) is 0 Å². The third kappa shape index (κ3) is 3.44. The molecule has 1 aliphatic rings. The number of nitrogens with zero attached hydrogens (tertiary/aromatic N) is 1. The van der Waals surface area contributed by atoms with Crippen LogP contribution in [0.4, 0.5) is 0 Å². The molecular weight excluding hydrogens is 280 g/mol. The number of hydrogen-bond acceptors (Lipinski definition) is 3. The molecule has 0 fully saturated rings. The topological polar surface area (TPSA) is 38.5 Å². The normalized spacial score (nSPS) is 18.2. The van der Waals surface area contributed by atoms with Gasteiger partial charge in [0.2, 0.25) is 0 Å². The molecule has 1 aliphatic heterocycles. The molecular formula is C13H19BrN2O. The highest BCUT2D eigenvalue weighted by molar-refractivity contribution is 9.10. The van der Waals surface area contributed by atoms with Gasteiger partial charge >= 0.3 is 0 Å². The van der Waals surface area contributed by atoms with Crippen LogP contribution in [0.25, 0.3) is 0 Å². The smallest absolute Gasteiger partial charge is 0.123 e. The summed E-state index contributed by atoms with van der Waals surface area (Å²) in [5.41, 5.74) is 6.81. The lowest BCUT2D eigenvalue weighted by atomic mass is 10.1. The van der Waals surface area contributed by atoms with Crippen molar-refractivity contribution in [1.82, 2.24) is 4.90 Å². The summed E-state index contributed by atoms with van der Waals surface area (Å²) in [7, 11) is 2.12. The van der Waals surface area contributed by atoms with Crippen LogP contribution in [-0.2, 0) is 6.42 Å². The molecule has 94 valence electrons. The third-order valence-electron chi connectivity index (χ3n) is 3.02. The summed E-state index contributed by atoms with van der Waals surface area (Å²) in [4.78, 5) is 2.29. The molecule has 0 aromatic heterocycles. The number of fused-ring (bicyclic) bond motifs is 1. The van der Waals surface area contributed by atoms with E-state index in [9.17, 15) is 0 Å². The van der Waals surface area contributed by atoms with E-state index in [0.29, 0.717) is 0 Å². The predicted octanol–water partition coefficient (Wildman–Crippen LogP) is 2.03. The van der Waals surface area contributed by atoms with Gasteiger partial charge in [0.15, 0.2) is 0 Å². The van der Waals surface area contributed by atoms with Crippen molar-refractivity contribution in [2.45, 2.75) is 18.9 Å². The van der Waals surface area contributed by atoms with Crippen LogP contribution in [0.2, 0.25) is 0 Å². The number of ether oxygens (including phenoxy) is 1. The van der Waals surface area contributed by atoms with Crippen molar-refractivity contribution in [3.8, 4) is 5.75 Å². The molecule has 1 atom stereocenters. The van der Waals surface area contributed by atoms with Gasteiger partial charge in [-0.05, 0) is 50.3 Å². The van der Waals surface area contributed by atoms with Crippen molar-refractivity contribution < 1.29 is 4.74 Å². The molecule has 2 rings (SSSR count). The number of hydrogen-bond donors (Lipinski definition) is 1. The molecule has 1 heterocycles. The third-order valence-corrected chi connectivity index (χ3v) is 3.52. The maximum atomic E-state index is 5.92. The van der Waals surface area contributed by atoms with Gasteiger partial charge < -0.3 is 15.4 Å². The highest BCUT2D eigenvalue weighted by Gasteiger charge is 2.23. The molecule has 0 amide bonds. The highest BCUT2D eigenvalue weighted by Crippen LogP contribution is 2.31. The van der Waals surface area contributed by atoms with E-state index in [2.05, 4.69) is 33.9 Å². The zero-order valence-corrected chi connectivity index (χ0v) is 11.7. The Balaban J connectivity index is 1.87. The molecule has 0 saturated heterocycles. The lowest BCUT2D eigenvalue weighted by Crippen LogP contribution is -2.33. The fraction of sp³-hybridized carbons (Fsp3) is 0.538. The van der Waals surface area contributed by atoms with Gasteiger partial charge in [-0.1, -0.05) is 15.9 Å². The van der Waals surface area contributed by atoms with E-state index >= 15 is 0 Å². The molecule has 1 aromatic rings. The van der Waals surface area contributed by atoms with Crippen LogP contribution in [0.3, 0.4) is 0 Å². The van der Waals surface area contributed by atoms with E-state index < -0.39 is 0 Å². The van der Waals surface area contributed by atoms with Crippen LogP contribution in [0.5, 0.6) is 5.75 Å². The van der Waals surface area contributed by atoms with E-state index in [1.54, 1.807) is 0 Å². The largest absolute Gasteiger partial charge is 0.488 e. The minimum Gasteiger partial charge on any atom is -0.488 e. The molecule has 0 bridgehead atoms. The molecule has 0 radical (unpaired) electrons. The molecule has 1 aromatic carbocycles. The summed E-state index contributed by atoms with van der Waals surface area (Å²) in [5.74, 6) is 1.03. The van der Waals surface area contributed by atoms with E-state index in [-0.39, 0.29) is 6.10 Å². The first-order valence-corrected chi connectivity index (χ1v) is 6.82. The molecule has 0 aliphatic carbocycles. The first-order valence-electron chi connectivity index (χ1n) is 6.02. The van der Waals surface area contributed by atoms with Crippen LogP contribution < -0.4 is 10.5 Å². The van der Waals surface area contributed by atoms with Crippen LogP contribution >= 0.6 is 15.9 Å². The minimum absolute atomic E-state index is 0.280. The second-order valence-corrected chi connectivity index (χ2v) is 5.52. The molecule has 0 saturated carbocycles. The Morgan fingerprint density at radius 3 is 3.12 bits per heavy atom. The fourth-order valence-corrected chi connectivity index (χ4v) is 2.60. The predicted molar refractivity (Wildman–Crippen MR) is 73.4 cm³/mol. The van der Waals surface area contributed by atoms with E-state index in [4.69, 9.17) is 10.5 Å². The minimum atomic E-state index is 0.280. The van der Waals surface area contributed by atoms with E-state index in [0.717, 1.165) is 42.7 Å². The average Bonchev–Trinajstić information content (AvgIpc) is 2.67. The summed E-state index contributed by atoms with van der Waals surface area (Å²) >= 11 is 3.49. The zero-order valence-electron chi connectivity index (χ0n) is 10.2. The first kappa shape index (κ1) is 12.9. The monoisotopic (exact) mass is 298 g/mol. The first-order chi connectivity index (χ1) is 8.19. The van der Waals surface area contributed by atoms with Crippen LogP contribution in [0.1, 0.15) is 12.0 Å². The number of nitrogens with two attached hydrogens (primary N) is 1. The number of benzene rings is 1. The number of likely N-dealkylation sites (N-methyl/N-ethyl adjacent to an activating group) is 1. The Bertz CT molecular complexity index is 384. The molecule has 3 nitrogen and oxygen atoms in total. The highest BCUT2D eigenvalue weighted by atomic mass is 79.9. The second-order valence-electron chi connectivity index (χ2n) is 4.60. The SMILES string of the molecule is CN(CCCN)CC1Cc2cc(Br)ccc2O1. The quantitative estimate of drug-likeness (QED) is 0.904. The maximum Gasteiger partial charge on any atom is 0.123 e. The van der Waals surface area contributed by atoms with Gasteiger partial charge in [0.25, 0.3) is 0 Å². The van der Waals surface area contributed by atoms with Crippen LogP contribution in [-0.4, -0.2) is 37.7 Å². The number of halogens is 1. The van der Waals surface area contributed by atoms with Gasteiger partial charge in [-0.25, -0.2) is 0 Å². The Kier molecular flexibility index (Phi) is 4.42. The summed E-state index contributed by atoms with van der Waals surface area (Å²) in [5, 5.41) is 0. The van der Waals surface area contributed by atoms with Crippen molar-refractivity contribution in [3.63, 3.8) is 0 Å². The van der Waals surface area contributed by atoms with Crippen molar-refractivity contribution >= 4 is 15.9 Å². The molecule has 4 heteroatoms. The second kappa shape index (κ2) is 5.85. The average molecular weight is 299 g/mol. The van der Waals surface area contributed by atoms with Gasteiger partial charge in [0.05, 0.1) is 0 Å². The fourth-order valence-electron chi connectivity index (χ4n) is 2.19. The van der Waals surface area contributed by atoms with Crippen LogP contribution in [0.15, 0.2) is 22.7 Å². The lowest BCUT2D eigenvalue weighted by Gasteiger charge is -2.20. The van der Waals surface area contributed by atoms with E-state index in [1.807, 2.05) is 12.1 Å². The van der Waals surface area contributed by atoms with E-state index in [1.165, 1.54) is 5.56 Å². The molecule has 1 unspecified atom stereocenters. The molecule has 2 N–H and O–H groups in total. The summed E-state index contributed by atoms with van der Waals surface area (Å²) in [6.07, 6.45) is 2.32. The summed E-state index contributed by atoms with van der Waals surface area (Å²) in [6.45, 7) is 2.76.